The summed E-state index contributed by atoms with van der Waals surface area (Å²) in [6, 6.07) is 2.60. The third-order valence-corrected chi connectivity index (χ3v) is 9.00. The Morgan fingerprint density at radius 2 is 0.839 bits per heavy atom. The van der Waals surface area contributed by atoms with Crippen molar-refractivity contribution in [2.24, 2.45) is 4.99 Å². The van der Waals surface area contributed by atoms with E-state index in [1.165, 1.54) is 0 Å². The number of halogens is 18. The van der Waals surface area contributed by atoms with Gasteiger partial charge in [0.25, 0.3) is 0 Å². The highest BCUT2D eigenvalue weighted by atomic mass is 19.4. The molecule has 0 saturated carbocycles. The Labute approximate surface area is 294 Å². The number of aliphatic imine (C=N–C) groups is 1. The standard InChI is InChI=1S/C34H4F18N4/c1-56-5-7(4-55)9-25(40)19-11(29(44)27(9)42)10-18(32(19,33(47,48)49)34(50,51)52)12-13(30(45)28(10)43)22(37)15-14(21(12)36)24(39)17-16(23(15)38)20(35)8(6(2-53)3-54)26(41)31(17)46/h5H,1H3/b9-7-,56-5?. The highest BCUT2D eigenvalue weighted by Gasteiger charge is 2.76. The van der Waals surface area contributed by atoms with E-state index in [0.717, 1.165) is 25.3 Å². The SMILES string of the molecule is CN=C/C(C#N)=c1\c(F)c(F)c2c(c1F)C(C(F)(F)F)(C(F)(F)F)c1c=2c(F)c(F)c2c(F)c3c(F)c4c(F)c(=C(C#N)C#N)c(F)c(F)c4c(F)c3c(F)c12. The lowest BCUT2D eigenvalue weighted by atomic mass is 9.73. The summed E-state index contributed by atoms with van der Waals surface area (Å²) in [7, 11) is 0.751. The molecule has 5 aromatic rings. The van der Waals surface area contributed by atoms with Crippen LogP contribution in [0, 0.1) is 114 Å². The van der Waals surface area contributed by atoms with Crippen molar-refractivity contribution < 1.29 is 79.0 Å². The van der Waals surface area contributed by atoms with Gasteiger partial charge >= 0.3 is 12.4 Å². The van der Waals surface area contributed by atoms with Gasteiger partial charge in [0.05, 0.1) is 42.9 Å². The number of hydrogen-bond acceptors (Lipinski definition) is 4. The molecule has 0 unspecified atom stereocenters. The van der Waals surface area contributed by atoms with Gasteiger partial charge in [0.2, 0.25) is 5.41 Å². The van der Waals surface area contributed by atoms with Gasteiger partial charge in [0.1, 0.15) is 58.7 Å². The lowest BCUT2D eigenvalue weighted by Gasteiger charge is -2.37. The highest BCUT2D eigenvalue weighted by molar-refractivity contribution is 6.10. The first-order chi connectivity index (χ1) is 26.0. The van der Waals surface area contributed by atoms with E-state index < -0.39 is 163 Å². The molecule has 0 aromatic heterocycles. The molecule has 4 nitrogen and oxygen atoms in total. The fraction of sp³-hybridized carbons (Fsp3) is 0.118. The molecular weight excluding hydrogens is 806 g/mol. The number of hydrogen-bond donors (Lipinski definition) is 0. The van der Waals surface area contributed by atoms with Crippen LogP contribution in [0.25, 0.3) is 43.5 Å². The van der Waals surface area contributed by atoms with Gasteiger partial charge in [-0.05, 0) is 0 Å². The molecule has 1 aliphatic rings. The molecular formula is C34H4F18N4. The van der Waals surface area contributed by atoms with E-state index in [1.807, 2.05) is 0 Å². The van der Waals surface area contributed by atoms with Crippen molar-refractivity contribution in [1.29, 1.82) is 15.8 Å². The van der Waals surface area contributed by atoms with E-state index in [1.54, 1.807) is 0 Å². The number of nitriles is 3. The Kier molecular flexibility index (Phi) is 8.58. The van der Waals surface area contributed by atoms with Crippen LogP contribution < -0.4 is 10.4 Å². The summed E-state index contributed by atoms with van der Waals surface area (Å²) in [6.07, 6.45) is -14.5. The van der Waals surface area contributed by atoms with Crippen LogP contribution in [-0.2, 0) is 5.41 Å². The summed E-state index contributed by atoms with van der Waals surface area (Å²) in [4.78, 5) is 3.10. The van der Waals surface area contributed by atoms with E-state index in [2.05, 4.69) is 4.99 Å². The topological polar surface area (TPSA) is 83.7 Å². The maximum atomic E-state index is 16.7. The first-order valence-electron chi connectivity index (χ1n) is 14.3. The summed E-state index contributed by atoms with van der Waals surface area (Å²) in [5.41, 5.74) is -16.2. The van der Waals surface area contributed by atoms with Crippen LogP contribution in [0.5, 0.6) is 0 Å². The van der Waals surface area contributed by atoms with Crippen molar-refractivity contribution in [2.45, 2.75) is 17.8 Å². The number of nitrogens with zero attached hydrogens (tertiary/aromatic N) is 4. The molecule has 0 spiro atoms. The molecule has 286 valence electrons. The smallest absolute Gasteiger partial charge is 0.295 e. The van der Waals surface area contributed by atoms with Crippen LogP contribution in [0.15, 0.2) is 4.99 Å². The average Bonchev–Trinajstić information content (AvgIpc) is 3.46. The zero-order valence-corrected chi connectivity index (χ0v) is 26.2. The summed E-state index contributed by atoms with van der Waals surface area (Å²) in [5, 5.41) is 1.77. The zero-order valence-electron chi connectivity index (χ0n) is 26.2. The van der Waals surface area contributed by atoms with Crippen molar-refractivity contribution in [2.75, 3.05) is 7.05 Å². The van der Waals surface area contributed by atoms with Crippen LogP contribution in [0.1, 0.15) is 11.1 Å². The fourth-order valence-electron chi connectivity index (χ4n) is 6.90. The maximum Gasteiger partial charge on any atom is 0.411 e. The predicted octanol–water partition coefficient (Wildman–Crippen LogP) is 8.40. The molecule has 22 heteroatoms. The minimum Gasteiger partial charge on any atom is -0.295 e. The number of alkyl halides is 6. The van der Waals surface area contributed by atoms with Gasteiger partial charge < -0.3 is 0 Å². The van der Waals surface area contributed by atoms with E-state index in [4.69, 9.17) is 10.5 Å². The number of benzene rings is 5. The first-order valence-corrected chi connectivity index (χ1v) is 14.3. The van der Waals surface area contributed by atoms with E-state index in [-0.39, 0.29) is 6.21 Å². The minimum absolute atomic E-state index is 0.115. The van der Waals surface area contributed by atoms with Crippen LogP contribution in [0.3, 0.4) is 0 Å². The Morgan fingerprint density at radius 3 is 1.29 bits per heavy atom. The molecule has 0 aliphatic heterocycles. The first kappa shape index (κ1) is 39.2. The average molecular weight is 810 g/mol. The van der Waals surface area contributed by atoms with E-state index >= 15 is 74.6 Å². The quantitative estimate of drug-likeness (QED) is 0.0739. The second kappa shape index (κ2) is 12.3. The molecule has 0 atom stereocenters. The Hall–Kier alpha value is -6.50. The summed E-state index contributed by atoms with van der Waals surface area (Å²) < 4.78 is 282. The highest BCUT2D eigenvalue weighted by Crippen LogP contribution is 2.62. The summed E-state index contributed by atoms with van der Waals surface area (Å²) >= 11 is 0. The minimum atomic E-state index is -7.30. The van der Waals surface area contributed by atoms with Crippen molar-refractivity contribution in [3.63, 3.8) is 0 Å². The van der Waals surface area contributed by atoms with Crippen LogP contribution in [-0.4, -0.2) is 25.6 Å². The molecule has 1 aliphatic carbocycles. The Balaban J connectivity index is 2.12. The molecule has 0 saturated heterocycles. The molecule has 0 radical (unpaired) electrons. The molecule has 0 fully saturated rings. The molecule has 0 bridgehead atoms. The third-order valence-electron chi connectivity index (χ3n) is 9.00. The van der Waals surface area contributed by atoms with E-state index in [0.29, 0.717) is 0 Å². The van der Waals surface area contributed by atoms with Crippen molar-refractivity contribution in [3.8, 4) is 18.2 Å². The molecule has 5 aromatic carbocycles. The summed E-state index contributed by atoms with van der Waals surface area (Å²) in [5.74, 6) is -35.7. The molecule has 0 heterocycles. The van der Waals surface area contributed by atoms with Crippen molar-refractivity contribution in [3.05, 3.63) is 102 Å². The second-order valence-electron chi connectivity index (χ2n) is 11.5. The maximum absolute atomic E-state index is 16.7. The lowest BCUT2D eigenvalue weighted by molar-refractivity contribution is -0.288. The molecule has 0 amide bonds. The zero-order chi connectivity index (χ0) is 42.0. The van der Waals surface area contributed by atoms with E-state index in [9.17, 15) is 9.65 Å². The van der Waals surface area contributed by atoms with Crippen LogP contribution in [0.4, 0.5) is 79.0 Å². The van der Waals surface area contributed by atoms with Crippen LogP contribution >= 0.6 is 0 Å². The van der Waals surface area contributed by atoms with Crippen molar-refractivity contribution >= 4 is 49.7 Å². The van der Waals surface area contributed by atoms with Gasteiger partial charge in [-0.3, -0.25) is 4.99 Å². The Bertz CT molecular complexity index is 3100. The van der Waals surface area contributed by atoms with Gasteiger partial charge in [-0.25, -0.2) is 52.7 Å². The van der Waals surface area contributed by atoms with Crippen molar-refractivity contribution in [1.82, 2.24) is 0 Å². The van der Waals surface area contributed by atoms with Gasteiger partial charge in [0.15, 0.2) is 34.9 Å². The predicted molar refractivity (Wildman–Crippen MR) is 153 cm³/mol. The van der Waals surface area contributed by atoms with Gasteiger partial charge in [-0.15, -0.1) is 0 Å². The molecule has 6 rings (SSSR count). The molecule has 56 heavy (non-hydrogen) atoms. The monoisotopic (exact) mass is 810 g/mol. The second-order valence-corrected chi connectivity index (χ2v) is 11.5. The molecule has 0 N–H and O–H groups in total. The third kappa shape index (κ3) is 4.42. The van der Waals surface area contributed by atoms with Crippen LogP contribution in [0.2, 0.25) is 0 Å². The summed E-state index contributed by atoms with van der Waals surface area (Å²) in [6.45, 7) is 0. The Morgan fingerprint density at radius 1 is 0.464 bits per heavy atom. The normalized spacial score (nSPS) is 14.3. The fourth-order valence-corrected chi connectivity index (χ4v) is 6.90. The number of fused-ring (bicyclic) bond motifs is 6. The van der Waals surface area contributed by atoms with Gasteiger partial charge in [-0.1, -0.05) is 0 Å². The van der Waals surface area contributed by atoms with Gasteiger partial charge in [0, 0.05) is 40.2 Å². The number of rotatable bonds is 1. The van der Waals surface area contributed by atoms with Gasteiger partial charge in [-0.2, -0.15) is 42.1 Å². The lowest BCUT2D eigenvalue weighted by Crippen LogP contribution is -2.55. The largest absolute Gasteiger partial charge is 0.411 e.